The van der Waals surface area contributed by atoms with E-state index in [1.807, 2.05) is 6.07 Å². The number of carbonyl (C=O) groups is 2. The van der Waals surface area contributed by atoms with Gasteiger partial charge in [-0.15, -0.1) is 0 Å². The molecule has 0 bridgehead atoms. The summed E-state index contributed by atoms with van der Waals surface area (Å²) >= 11 is 0. The number of hydrogen-bond donors (Lipinski definition) is 1. The molecule has 31 heavy (non-hydrogen) atoms. The van der Waals surface area contributed by atoms with Gasteiger partial charge >= 0.3 is 0 Å². The van der Waals surface area contributed by atoms with Crippen LogP contribution in [0.4, 0.5) is 11.5 Å². The van der Waals surface area contributed by atoms with E-state index in [4.69, 9.17) is 9.47 Å². The van der Waals surface area contributed by atoms with Gasteiger partial charge in [0.05, 0.1) is 12.1 Å². The van der Waals surface area contributed by atoms with E-state index in [-0.39, 0.29) is 43.0 Å². The third-order valence-electron chi connectivity index (χ3n) is 5.16. The highest BCUT2D eigenvalue weighted by Gasteiger charge is 2.36. The van der Waals surface area contributed by atoms with Gasteiger partial charge in [0, 0.05) is 30.9 Å². The number of pyridine rings is 1. The molecular formula is C21H16N6O4. The number of carbonyl (C=O) groups excluding carboxylic acids is 2. The van der Waals surface area contributed by atoms with E-state index in [0.717, 1.165) is 0 Å². The second kappa shape index (κ2) is 7.46. The van der Waals surface area contributed by atoms with Crippen LogP contribution in [0.15, 0.2) is 48.8 Å². The number of fused-ring (bicyclic) bond motifs is 1. The zero-order chi connectivity index (χ0) is 21.4. The molecule has 0 saturated carbocycles. The highest BCUT2D eigenvalue weighted by Crippen LogP contribution is 2.37. The van der Waals surface area contributed by atoms with Crippen LogP contribution in [0.1, 0.15) is 12.0 Å². The third-order valence-corrected chi connectivity index (χ3v) is 5.16. The van der Waals surface area contributed by atoms with Gasteiger partial charge in [-0.1, -0.05) is 6.07 Å². The van der Waals surface area contributed by atoms with Crippen LogP contribution in [0.5, 0.6) is 11.5 Å². The lowest BCUT2D eigenvalue weighted by molar-refractivity contribution is -0.122. The lowest BCUT2D eigenvalue weighted by Gasteiger charge is -2.17. The van der Waals surface area contributed by atoms with Gasteiger partial charge in [-0.3, -0.25) is 9.59 Å². The molecular weight excluding hydrogens is 400 g/mol. The van der Waals surface area contributed by atoms with Crippen LogP contribution in [0.25, 0.3) is 5.82 Å². The van der Waals surface area contributed by atoms with Crippen molar-refractivity contribution in [1.82, 2.24) is 14.8 Å². The van der Waals surface area contributed by atoms with E-state index in [0.29, 0.717) is 23.0 Å². The first-order valence-electron chi connectivity index (χ1n) is 9.54. The molecule has 1 N–H and O–H groups in total. The second-order valence-electron chi connectivity index (χ2n) is 7.05. The van der Waals surface area contributed by atoms with Crippen molar-refractivity contribution in [3.8, 4) is 23.4 Å². The molecule has 1 atom stereocenters. The minimum atomic E-state index is -0.587. The Labute approximate surface area is 176 Å². The average molecular weight is 416 g/mol. The number of anilines is 2. The van der Waals surface area contributed by atoms with Crippen molar-refractivity contribution in [1.29, 1.82) is 5.26 Å². The summed E-state index contributed by atoms with van der Waals surface area (Å²) in [4.78, 5) is 31.3. The summed E-state index contributed by atoms with van der Waals surface area (Å²) < 4.78 is 12.1. The Morgan fingerprint density at radius 3 is 2.90 bits per heavy atom. The van der Waals surface area contributed by atoms with Gasteiger partial charge in [0.25, 0.3) is 0 Å². The maximum Gasteiger partial charge on any atom is 0.231 e. The number of nitrogens with zero attached hydrogens (tertiary/aromatic N) is 5. The Morgan fingerprint density at radius 2 is 2.10 bits per heavy atom. The Hall–Kier alpha value is -4.39. The van der Waals surface area contributed by atoms with Crippen molar-refractivity contribution >= 4 is 23.3 Å². The first-order valence-corrected chi connectivity index (χ1v) is 9.54. The van der Waals surface area contributed by atoms with Crippen LogP contribution in [-0.4, -0.2) is 39.9 Å². The zero-order valence-corrected chi connectivity index (χ0v) is 16.2. The predicted molar refractivity (Wildman–Crippen MR) is 108 cm³/mol. The SMILES string of the molecule is N#Cc1cnn(-c2ccccn2)c1NC(=O)C1CC(=O)N(c2ccc3c(c2)OCO3)C1. The minimum absolute atomic E-state index is 0.0554. The van der Waals surface area contributed by atoms with Crippen LogP contribution in [0.2, 0.25) is 0 Å². The molecule has 154 valence electrons. The lowest BCUT2D eigenvalue weighted by atomic mass is 10.1. The number of amides is 2. The number of nitriles is 1. The number of hydrogen-bond acceptors (Lipinski definition) is 7. The fourth-order valence-electron chi connectivity index (χ4n) is 3.61. The molecule has 2 aromatic heterocycles. The molecule has 1 saturated heterocycles. The molecule has 10 nitrogen and oxygen atoms in total. The standard InChI is InChI=1S/C21H16N6O4/c22-9-14-10-24-27(18-3-1-2-6-23-18)20(14)25-21(29)13-7-19(28)26(11-13)15-4-5-16-17(8-15)31-12-30-16/h1-6,8,10,13H,7,11-12H2,(H,25,29). The topological polar surface area (TPSA) is 122 Å². The van der Waals surface area contributed by atoms with E-state index in [1.165, 1.54) is 10.9 Å². The van der Waals surface area contributed by atoms with Crippen molar-refractivity contribution in [3.05, 3.63) is 54.4 Å². The first kappa shape index (κ1) is 18.6. The number of nitrogens with one attached hydrogen (secondary N) is 1. The summed E-state index contributed by atoms with van der Waals surface area (Å²) in [6.45, 7) is 0.354. The van der Waals surface area contributed by atoms with Gasteiger partial charge in [-0.25, -0.2) is 4.98 Å². The van der Waals surface area contributed by atoms with E-state index in [9.17, 15) is 14.9 Å². The number of rotatable bonds is 4. The molecule has 1 aromatic carbocycles. The van der Waals surface area contributed by atoms with E-state index in [2.05, 4.69) is 15.4 Å². The molecule has 2 aliphatic rings. The van der Waals surface area contributed by atoms with Crippen LogP contribution < -0.4 is 19.7 Å². The van der Waals surface area contributed by atoms with E-state index >= 15 is 0 Å². The monoisotopic (exact) mass is 416 g/mol. The molecule has 1 fully saturated rings. The van der Waals surface area contributed by atoms with E-state index < -0.39 is 5.92 Å². The van der Waals surface area contributed by atoms with Gasteiger partial charge in [-0.05, 0) is 24.3 Å². The number of aromatic nitrogens is 3. The van der Waals surface area contributed by atoms with Crippen molar-refractivity contribution in [2.24, 2.45) is 5.92 Å². The molecule has 0 aliphatic carbocycles. The molecule has 2 amide bonds. The fraction of sp³-hybridized carbons (Fsp3) is 0.190. The van der Waals surface area contributed by atoms with Gasteiger partial charge in [-0.2, -0.15) is 15.0 Å². The fourth-order valence-corrected chi connectivity index (χ4v) is 3.61. The summed E-state index contributed by atoms with van der Waals surface area (Å²) in [5, 5.41) is 16.3. The summed E-state index contributed by atoms with van der Waals surface area (Å²) in [6.07, 6.45) is 3.01. The van der Waals surface area contributed by atoms with Crippen LogP contribution in [0, 0.1) is 17.2 Å². The Kier molecular flexibility index (Phi) is 4.48. The summed E-state index contributed by atoms with van der Waals surface area (Å²) in [5.74, 6) is 0.747. The van der Waals surface area contributed by atoms with Gasteiger partial charge in [0.1, 0.15) is 11.6 Å². The Morgan fingerprint density at radius 1 is 1.23 bits per heavy atom. The maximum atomic E-state index is 13.0. The highest BCUT2D eigenvalue weighted by molar-refractivity contribution is 6.03. The van der Waals surface area contributed by atoms with E-state index in [1.54, 1.807) is 47.5 Å². The summed E-state index contributed by atoms with van der Waals surface area (Å²) in [5.41, 5.74) is 0.844. The normalized spacial score (nSPS) is 16.9. The predicted octanol–water partition coefficient (Wildman–Crippen LogP) is 1.86. The lowest BCUT2D eigenvalue weighted by Crippen LogP contribution is -2.28. The summed E-state index contributed by atoms with van der Waals surface area (Å²) in [6, 6.07) is 12.5. The molecule has 10 heteroatoms. The molecule has 4 heterocycles. The van der Waals surface area contributed by atoms with Crippen molar-refractivity contribution in [2.75, 3.05) is 23.6 Å². The average Bonchev–Trinajstić information content (AvgIpc) is 3.51. The molecule has 1 unspecified atom stereocenters. The number of benzene rings is 1. The van der Waals surface area contributed by atoms with Crippen molar-refractivity contribution < 1.29 is 19.1 Å². The quantitative estimate of drug-likeness (QED) is 0.689. The number of ether oxygens (including phenoxy) is 2. The molecule has 3 aromatic rings. The molecule has 0 radical (unpaired) electrons. The summed E-state index contributed by atoms with van der Waals surface area (Å²) in [7, 11) is 0. The van der Waals surface area contributed by atoms with Gasteiger partial charge < -0.3 is 19.7 Å². The van der Waals surface area contributed by atoms with Gasteiger partial charge in [0.2, 0.25) is 18.6 Å². The second-order valence-corrected chi connectivity index (χ2v) is 7.05. The molecule has 2 aliphatic heterocycles. The Bertz CT molecular complexity index is 1220. The smallest absolute Gasteiger partial charge is 0.231 e. The van der Waals surface area contributed by atoms with Crippen LogP contribution >= 0.6 is 0 Å². The van der Waals surface area contributed by atoms with Gasteiger partial charge in [0.15, 0.2) is 23.1 Å². The van der Waals surface area contributed by atoms with Crippen molar-refractivity contribution in [3.63, 3.8) is 0 Å². The highest BCUT2D eigenvalue weighted by atomic mass is 16.7. The molecule has 5 rings (SSSR count). The largest absolute Gasteiger partial charge is 0.454 e. The maximum absolute atomic E-state index is 13.0. The zero-order valence-electron chi connectivity index (χ0n) is 16.2. The van der Waals surface area contributed by atoms with Crippen LogP contribution in [0.3, 0.4) is 0 Å². The first-order chi connectivity index (χ1) is 15.1. The van der Waals surface area contributed by atoms with Crippen molar-refractivity contribution in [2.45, 2.75) is 6.42 Å². The molecule has 0 spiro atoms. The van der Waals surface area contributed by atoms with Crippen LogP contribution in [-0.2, 0) is 9.59 Å². The third kappa shape index (κ3) is 3.32. The Balaban J connectivity index is 1.36. The minimum Gasteiger partial charge on any atom is -0.454 e.